The molecule has 9 heteroatoms. The van der Waals surface area contributed by atoms with E-state index in [1.54, 1.807) is 30.3 Å². The summed E-state index contributed by atoms with van der Waals surface area (Å²) in [4.78, 5) is 25.1. The smallest absolute Gasteiger partial charge is 0.430 e. The van der Waals surface area contributed by atoms with E-state index in [1.165, 1.54) is 25.1 Å². The Morgan fingerprint density at radius 1 is 0.933 bits per heavy atom. The van der Waals surface area contributed by atoms with Crippen LogP contribution in [-0.4, -0.2) is 44.4 Å². The van der Waals surface area contributed by atoms with Crippen molar-refractivity contribution in [3.05, 3.63) is 66.2 Å². The molecule has 0 saturated carbocycles. The number of anilines is 1. The van der Waals surface area contributed by atoms with E-state index >= 15 is 0 Å². The second-order valence-corrected chi connectivity index (χ2v) is 6.52. The van der Waals surface area contributed by atoms with Gasteiger partial charge in [0.25, 0.3) is 11.5 Å². The lowest BCUT2D eigenvalue weighted by Crippen LogP contribution is -2.60. The lowest BCUT2D eigenvalue weighted by molar-refractivity contribution is -0.266. The van der Waals surface area contributed by atoms with Crippen LogP contribution in [0.15, 0.2) is 60.7 Å². The second-order valence-electron chi connectivity index (χ2n) is 6.52. The van der Waals surface area contributed by atoms with E-state index in [2.05, 4.69) is 10.6 Å². The molecule has 2 rings (SSSR count). The first-order chi connectivity index (χ1) is 14.2. The van der Waals surface area contributed by atoms with E-state index in [0.29, 0.717) is 5.69 Å². The van der Waals surface area contributed by atoms with Gasteiger partial charge < -0.3 is 20.1 Å². The van der Waals surface area contributed by atoms with Crippen molar-refractivity contribution >= 4 is 17.6 Å². The van der Waals surface area contributed by atoms with Gasteiger partial charge in [-0.05, 0) is 19.1 Å². The standard InChI is InChI=1S/C21H23F3N2O4/c1-14(17(18(27)29-2)26-16-12-8-5-9-13-16)25-19(28)20(30-3,21(22,23)24)15-10-6-4-7-11-15/h4-14,17,26H,1-3H3,(H,25,28)/t14-,17+,20+/m0/s1. The zero-order valence-electron chi connectivity index (χ0n) is 16.7. The summed E-state index contributed by atoms with van der Waals surface area (Å²) in [6.45, 7) is 1.40. The number of ether oxygens (including phenoxy) is 2. The van der Waals surface area contributed by atoms with Gasteiger partial charge in [0.2, 0.25) is 0 Å². The van der Waals surface area contributed by atoms with Crippen LogP contribution in [0, 0.1) is 0 Å². The molecule has 6 nitrogen and oxygen atoms in total. The Hall–Kier alpha value is -3.07. The molecule has 0 saturated heterocycles. The van der Waals surface area contributed by atoms with Crippen LogP contribution in [0.4, 0.5) is 18.9 Å². The Labute approximate surface area is 172 Å². The molecule has 0 aromatic heterocycles. The molecule has 0 radical (unpaired) electrons. The number of amides is 1. The van der Waals surface area contributed by atoms with Gasteiger partial charge in [0.15, 0.2) is 0 Å². The Bertz CT molecular complexity index is 846. The number of hydrogen-bond acceptors (Lipinski definition) is 5. The van der Waals surface area contributed by atoms with Gasteiger partial charge in [0.05, 0.1) is 13.2 Å². The van der Waals surface area contributed by atoms with Crippen LogP contribution >= 0.6 is 0 Å². The molecule has 0 aliphatic heterocycles. The third-order valence-electron chi connectivity index (χ3n) is 4.62. The maximum atomic E-state index is 14.0. The first kappa shape index (κ1) is 23.2. The molecule has 30 heavy (non-hydrogen) atoms. The summed E-state index contributed by atoms with van der Waals surface area (Å²) in [6.07, 6.45) is -5.06. The molecule has 0 aliphatic carbocycles. The van der Waals surface area contributed by atoms with Gasteiger partial charge in [0, 0.05) is 18.4 Å². The summed E-state index contributed by atoms with van der Waals surface area (Å²) in [7, 11) is 1.96. The van der Waals surface area contributed by atoms with E-state index in [0.717, 1.165) is 26.4 Å². The van der Waals surface area contributed by atoms with Crippen molar-refractivity contribution < 1.29 is 32.2 Å². The van der Waals surface area contributed by atoms with Crippen LogP contribution in [0.1, 0.15) is 12.5 Å². The Morgan fingerprint density at radius 2 is 1.47 bits per heavy atom. The van der Waals surface area contributed by atoms with Gasteiger partial charge in [-0.3, -0.25) is 4.79 Å². The molecule has 0 aliphatic rings. The first-order valence-corrected chi connectivity index (χ1v) is 9.05. The number of carbonyl (C=O) groups excluding carboxylic acids is 2. The van der Waals surface area contributed by atoms with Crippen LogP contribution in [0.25, 0.3) is 0 Å². The van der Waals surface area contributed by atoms with E-state index in [9.17, 15) is 22.8 Å². The zero-order valence-corrected chi connectivity index (χ0v) is 16.7. The number of esters is 1. The molecule has 0 fully saturated rings. The lowest BCUT2D eigenvalue weighted by atomic mass is 9.91. The fourth-order valence-electron chi connectivity index (χ4n) is 3.04. The highest BCUT2D eigenvalue weighted by Crippen LogP contribution is 2.42. The van der Waals surface area contributed by atoms with Gasteiger partial charge in [-0.1, -0.05) is 48.5 Å². The molecule has 0 spiro atoms. The van der Waals surface area contributed by atoms with Crippen molar-refractivity contribution in [1.82, 2.24) is 5.32 Å². The maximum absolute atomic E-state index is 14.0. The molecule has 3 atom stereocenters. The molecular formula is C21H23F3N2O4. The summed E-state index contributed by atoms with van der Waals surface area (Å²) in [5.41, 5.74) is -3.09. The van der Waals surface area contributed by atoms with Gasteiger partial charge >= 0.3 is 12.1 Å². The summed E-state index contributed by atoms with van der Waals surface area (Å²) in [6, 6.07) is 12.9. The van der Waals surface area contributed by atoms with Gasteiger partial charge in [-0.2, -0.15) is 13.2 Å². The topological polar surface area (TPSA) is 76.7 Å². The van der Waals surface area contributed by atoms with E-state index in [-0.39, 0.29) is 5.56 Å². The average Bonchev–Trinajstić information content (AvgIpc) is 2.72. The van der Waals surface area contributed by atoms with Crippen molar-refractivity contribution in [3.63, 3.8) is 0 Å². The highest BCUT2D eigenvalue weighted by molar-refractivity contribution is 5.89. The summed E-state index contributed by atoms with van der Waals surface area (Å²) in [5, 5.41) is 5.14. The summed E-state index contributed by atoms with van der Waals surface area (Å²) < 4.78 is 51.6. The van der Waals surface area contributed by atoms with Crippen LogP contribution in [0.2, 0.25) is 0 Å². The molecule has 1 amide bonds. The Morgan fingerprint density at radius 3 is 1.93 bits per heavy atom. The van der Waals surface area contributed by atoms with Crippen LogP contribution < -0.4 is 10.6 Å². The number of hydrogen-bond donors (Lipinski definition) is 2. The number of para-hydroxylation sites is 1. The van der Waals surface area contributed by atoms with Gasteiger partial charge in [0.1, 0.15) is 6.04 Å². The number of rotatable bonds is 8. The summed E-state index contributed by atoms with van der Waals surface area (Å²) >= 11 is 0. The highest BCUT2D eigenvalue weighted by Gasteiger charge is 2.63. The third kappa shape index (κ3) is 4.73. The lowest BCUT2D eigenvalue weighted by Gasteiger charge is -2.35. The van der Waals surface area contributed by atoms with E-state index in [1.807, 2.05) is 0 Å². The van der Waals surface area contributed by atoms with Crippen molar-refractivity contribution in [2.24, 2.45) is 0 Å². The predicted molar refractivity (Wildman–Crippen MR) is 105 cm³/mol. The summed E-state index contributed by atoms with van der Waals surface area (Å²) in [5.74, 6) is -2.19. The fraction of sp³-hybridized carbons (Fsp3) is 0.333. The predicted octanol–water partition coefficient (Wildman–Crippen LogP) is 3.25. The minimum Gasteiger partial charge on any atom is -0.467 e. The van der Waals surface area contributed by atoms with Crippen molar-refractivity contribution in [2.75, 3.05) is 19.5 Å². The fourth-order valence-corrected chi connectivity index (χ4v) is 3.04. The SMILES string of the molecule is COC(=O)[C@H](Nc1ccccc1)[C@H](C)NC(=O)[C@](OC)(c1ccccc1)C(F)(F)F. The molecule has 2 aromatic carbocycles. The molecular weight excluding hydrogens is 401 g/mol. The van der Waals surface area contributed by atoms with Crippen molar-refractivity contribution in [1.29, 1.82) is 0 Å². The number of methoxy groups -OCH3 is 2. The molecule has 0 heterocycles. The largest absolute Gasteiger partial charge is 0.467 e. The second kappa shape index (κ2) is 9.62. The number of nitrogens with one attached hydrogen (secondary N) is 2. The number of halogens is 3. The van der Waals surface area contributed by atoms with Gasteiger partial charge in [-0.15, -0.1) is 0 Å². The quantitative estimate of drug-likeness (QED) is 0.637. The van der Waals surface area contributed by atoms with Crippen LogP contribution in [-0.2, 0) is 24.7 Å². The van der Waals surface area contributed by atoms with Crippen molar-refractivity contribution in [2.45, 2.75) is 30.8 Å². The highest BCUT2D eigenvalue weighted by atomic mass is 19.4. The Kier molecular flexibility index (Phi) is 7.44. The minimum absolute atomic E-state index is 0.379. The number of carbonyl (C=O) groups is 2. The molecule has 0 bridgehead atoms. The van der Waals surface area contributed by atoms with Crippen LogP contribution in [0.3, 0.4) is 0 Å². The molecule has 162 valence electrons. The van der Waals surface area contributed by atoms with Crippen molar-refractivity contribution in [3.8, 4) is 0 Å². The Balaban J connectivity index is 2.35. The molecule has 0 unspecified atom stereocenters. The normalized spacial score (nSPS) is 15.4. The monoisotopic (exact) mass is 424 g/mol. The van der Waals surface area contributed by atoms with E-state index in [4.69, 9.17) is 9.47 Å². The first-order valence-electron chi connectivity index (χ1n) is 9.05. The minimum atomic E-state index is -5.06. The number of alkyl halides is 3. The maximum Gasteiger partial charge on any atom is 0.430 e. The third-order valence-corrected chi connectivity index (χ3v) is 4.62. The van der Waals surface area contributed by atoms with E-state index < -0.39 is 35.7 Å². The van der Waals surface area contributed by atoms with Crippen LogP contribution in [0.5, 0.6) is 0 Å². The number of benzene rings is 2. The molecule has 2 N–H and O–H groups in total. The average molecular weight is 424 g/mol. The molecule has 2 aromatic rings. The zero-order chi connectivity index (χ0) is 22.4. The van der Waals surface area contributed by atoms with Gasteiger partial charge in [-0.25, -0.2) is 4.79 Å².